The van der Waals surface area contributed by atoms with Crippen LogP contribution in [0.3, 0.4) is 0 Å². The molecule has 0 saturated carbocycles. The summed E-state index contributed by atoms with van der Waals surface area (Å²) < 4.78 is 0. The Morgan fingerprint density at radius 1 is 1.17 bits per heavy atom. The number of anilines is 1. The van der Waals surface area contributed by atoms with Crippen LogP contribution in [0.15, 0.2) is 40.8 Å². The SMILES string of the molecule is CCN(CC)c1ccccc1N=Nc1ncn[nH]1. The Morgan fingerprint density at radius 3 is 2.61 bits per heavy atom. The van der Waals surface area contributed by atoms with Crippen molar-refractivity contribution in [2.45, 2.75) is 13.8 Å². The lowest BCUT2D eigenvalue weighted by Crippen LogP contribution is -2.21. The van der Waals surface area contributed by atoms with Crippen LogP contribution in [0.25, 0.3) is 0 Å². The van der Waals surface area contributed by atoms with Gasteiger partial charge >= 0.3 is 0 Å². The van der Waals surface area contributed by atoms with E-state index in [0.717, 1.165) is 24.5 Å². The number of benzene rings is 1. The molecule has 1 heterocycles. The number of para-hydroxylation sites is 1. The average Bonchev–Trinajstić information content (AvgIpc) is 2.92. The zero-order valence-electron chi connectivity index (χ0n) is 10.5. The van der Waals surface area contributed by atoms with Crippen LogP contribution in [-0.4, -0.2) is 28.3 Å². The summed E-state index contributed by atoms with van der Waals surface area (Å²) >= 11 is 0. The molecule has 2 rings (SSSR count). The van der Waals surface area contributed by atoms with Crippen LogP contribution in [0.5, 0.6) is 0 Å². The van der Waals surface area contributed by atoms with Gasteiger partial charge in [-0.2, -0.15) is 10.1 Å². The van der Waals surface area contributed by atoms with Crippen molar-refractivity contribution in [3.8, 4) is 0 Å². The maximum atomic E-state index is 4.22. The van der Waals surface area contributed by atoms with Gasteiger partial charge in [-0.25, -0.2) is 5.10 Å². The molecule has 0 saturated heterocycles. The highest BCUT2D eigenvalue weighted by molar-refractivity contribution is 5.66. The van der Waals surface area contributed by atoms with Gasteiger partial charge in [-0.05, 0) is 26.0 Å². The molecule has 1 aromatic heterocycles. The van der Waals surface area contributed by atoms with Crippen molar-refractivity contribution in [2.24, 2.45) is 10.2 Å². The van der Waals surface area contributed by atoms with Crippen molar-refractivity contribution in [3.05, 3.63) is 30.6 Å². The second-order valence-electron chi connectivity index (χ2n) is 3.67. The summed E-state index contributed by atoms with van der Waals surface area (Å²) in [5.41, 5.74) is 1.91. The first-order valence-corrected chi connectivity index (χ1v) is 5.96. The molecule has 6 nitrogen and oxygen atoms in total. The minimum absolute atomic E-state index is 0.407. The van der Waals surface area contributed by atoms with Gasteiger partial charge < -0.3 is 4.90 Å². The molecule has 0 unspecified atom stereocenters. The number of hydrogen-bond donors (Lipinski definition) is 1. The third-order valence-corrected chi connectivity index (χ3v) is 2.64. The Balaban J connectivity index is 2.27. The molecular formula is C12H16N6. The molecule has 0 fully saturated rings. The number of nitrogens with zero attached hydrogens (tertiary/aromatic N) is 5. The van der Waals surface area contributed by atoms with E-state index in [4.69, 9.17) is 0 Å². The standard InChI is InChI=1S/C12H16N6/c1-3-18(4-2)11-8-6-5-7-10(11)15-17-12-13-9-14-16-12/h5-9H,3-4H2,1-2H3,(H,13,14,16). The van der Waals surface area contributed by atoms with Gasteiger partial charge in [-0.15, -0.1) is 10.2 Å². The van der Waals surface area contributed by atoms with E-state index in [-0.39, 0.29) is 0 Å². The molecular weight excluding hydrogens is 228 g/mol. The largest absolute Gasteiger partial charge is 0.370 e. The molecule has 0 atom stereocenters. The van der Waals surface area contributed by atoms with Crippen LogP contribution < -0.4 is 4.90 Å². The Morgan fingerprint density at radius 2 is 1.94 bits per heavy atom. The number of H-pyrrole nitrogens is 1. The smallest absolute Gasteiger partial charge is 0.264 e. The molecule has 2 aromatic rings. The Bertz CT molecular complexity index is 501. The number of hydrogen-bond acceptors (Lipinski definition) is 5. The van der Waals surface area contributed by atoms with Gasteiger partial charge in [0.05, 0.1) is 5.69 Å². The monoisotopic (exact) mass is 244 g/mol. The molecule has 0 radical (unpaired) electrons. The van der Waals surface area contributed by atoms with Gasteiger partial charge in [0.2, 0.25) is 0 Å². The number of azo groups is 1. The van der Waals surface area contributed by atoms with Crippen LogP contribution >= 0.6 is 0 Å². The molecule has 1 aromatic carbocycles. The fourth-order valence-electron chi connectivity index (χ4n) is 1.73. The summed E-state index contributed by atoms with van der Waals surface area (Å²) in [5, 5.41) is 14.6. The fourth-order valence-corrected chi connectivity index (χ4v) is 1.73. The Kier molecular flexibility index (Phi) is 4.01. The second kappa shape index (κ2) is 5.90. The van der Waals surface area contributed by atoms with E-state index in [1.807, 2.05) is 24.3 Å². The summed E-state index contributed by atoms with van der Waals surface area (Å²) in [7, 11) is 0. The van der Waals surface area contributed by atoms with Crippen molar-refractivity contribution in [2.75, 3.05) is 18.0 Å². The molecule has 6 heteroatoms. The highest BCUT2D eigenvalue weighted by Crippen LogP contribution is 2.29. The summed E-state index contributed by atoms with van der Waals surface area (Å²) in [4.78, 5) is 6.14. The molecule has 0 aliphatic heterocycles. The molecule has 1 N–H and O–H groups in total. The van der Waals surface area contributed by atoms with Gasteiger partial charge in [-0.1, -0.05) is 12.1 Å². The maximum Gasteiger partial charge on any atom is 0.264 e. The van der Waals surface area contributed by atoms with E-state index in [9.17, 15) is 0 Å². The first-order valence-electron chi connectivity index (χ1n) is 5.96. The number of nitrogens with one attached hydrogen (secondary N) is 1. The summed E-state index contributed by atoms with van der Waals surface area (Å²) in [6.45, 7) is 6.11. The molecule has 0 spiro atoms. The summed E-state index contributed by atoms with van der Waals surface area (Å²) in [6, 6.07) is 7.93. The van der Waals surface area contributed by atoms with Gasteiger partial charge in [0.1, 0.15) is 12.0 Å². The normalized spacial score (nSPS) is 11.0. The number of aromatic nitrogens is 3. The zero-order valence-corrected chi connectivity index (χ0v) is 10.5. The molecule has 94 valence electrons. The highest BCUT2D eigenvalue weighted by atomic mass is 15.3. The van der Waals surface area contributed by atoms with Crippen molar-refractivity contribution in [1.29, 1.82) is 0 Å². The fraction of sp³-hybridized carbons (Fsp3) is 0.333. The van der Waals surface area contributed by atoms with E-state index in [1.54, 1.807) is 0 Å². The number of rotatable bonds is 5. The Hall–Kier alpha value is -2.24. The van der Waals surface area contributed by atoms with E-state index >= 15 is 0 Å². The maximum absolute atomic E-state index is 4.22. The Labute approximate surface area is 106 Å². The number of aromatic amines is 1. The average molecular weight is 244 g/mol. The van der Waals surface area contributed by atoms with Gasteiger partial charge in [0, 0.05) is 13.1 Å². The van der Waals surface area contributed by atoms with E-state index in [1.165, 1.54) is 6.33 Å². The van der Waals surface area contributed by atoms with Crippen LogP contribution in [0.2, 0.25) is 0 Å². The lowest BCUT2D eigenvalue weighted by molar-refractivity contribution is 0.865. The predicted octanol–water partition coefficient (Wildman–Crippen LogP) is 3.07. The first kappa shape index (κ1) is 12.2. The van der Waals surface area contributed by atoms with E-state index in [0.29, 0.717) is 5.95 Å². The third kappa shape index (κ3) is 2.71. The summed E-state index contributed by atoms with van der Waals surface area (Å²) in [6.07, 6.45) is 1.41. The van der Waals surface area contributed by atoms with Crippen LogP contribution in [-0.2, 0) is 0 Å². The molecule has 0 aliphatic carbocycles. The van der Waals surface area contributed by atoms with Gasteiger partial charge in [-0.3, -0.25) is 0 Å². The van der Waals surface area contributed by atoms with E-state index < -0.39 is 0 Å². The quantitative estimate of drug-likeness (QED) is 0.822. The van der Waals surface area contributed by atoms with Crippen LogP contribution in [0.1, 0.15) is 13.8 Å². The van der Waals surface area contributed by atoms with Gasteiger partial charge in [0.15, 0.2) is 0 Å². The highest BCUT2D eigenvalue weighted by Gasteiger charge is 2.06. The molecule has 0 aliphatic rings. The second-order valence-corrected chi connectivity index (χ2v) is 3.67. The predicted molar refractivity (Wildman–Crippen MR) is 70.6 cm³/mol. The zero-order chi connectivity index (χ0) is 12.8. The topological polar surface area (TPSA) is 69.5 Å². The van der Waals surface area contributed by atoms with Crippen molar-refractivity contribution in [1.82, 2.24) is 15.2 Å². The first-order chi connectivity index (χ1) is 8.85. The van der Waals surface area contributed by atoms with Crippen molar-refractivity contribution < 1.29 is 0 Å². The van der Waals surface area contributed by atoms with Crippen LogP contribution in [0, 0.1) is 0 Å². The lowest BCUT2D eigenvalue weighted by Gasteiger charge is -2.21. The van der Waals surface area contributed by atoms with Crippen molar-refractivity contribution >= 4 is 17.3 Å². The summed E-state index contributed by atoms with van der Waals surface area (Å²) in [5.74, 6) is 0.407. The van der Waals surface area contributed by atoms with E-state index in [2.05, 4.69) is 44.2 Å². The molecule has 18 heavy (non-hydrogen) atoms. The molecule has 0 bridgehead atoms. The minimum Gasteiger partial charge on any atom is -0.370 e. The third-order valence-electron chi connectivity index (χ3n) is 2.64. The molecule has 0 amide bonds. The lowest BCUT2D eigenvalue weighted by atomic mass is 10.2. The minimum atomic E-state index is 0.407. The van der Waals surface area contributed by atoms with Gasteiger partial charge in [0.25, 0.3) is 5.95 Å². The van der Waals surface area contributed by atoms with Crippen LogP contribution in [0.4, 0.5) is 17.3 Å². The van der Waals surface area contributed by atoms with Crippen molar-refractivity contribution in [3.63, 3.8) is 0 Å².